The largest absolute Gasteiger partial charge is 0.387 e. The van der Waals surface area contributed by atoms with Crippen LogP contribution in [0.5, 0.6) is 0 Å². The first-order chi connectivity index (χ1) is 7.49. The van der Waals surface area contributed by atoms with Crippen LogP contribution in [-0.4, -0.2) is 11.9 Å². The lowest BCUT2D eigenvalue weighted by molar-refractivity contribution is -0.152. The predicted octanol–water partition coefficient (Wildman–Crippen LogP) is 3.26. The Hall–Kier alpha value is -1.38. The van der Waals surface area contributed by atoms with Gasteiger partial charge in [0, 0.05) is 12.2 Å². The van der Waals surface area contributed by atoms with Gasteiger partial charge >= 0.3 is 11.9 Å². The maximum absolute atomic E-state index is 11.3. The number of allylic oxidation sites excluding steroid dienone is 2. The molecule has 0 radical (unpaired) electrons. The molecule has 0 aromatic heterocycles. The Morgan fingerprint density at radius 1 is 0.765 bits per heavy atom. The predicted molar refractivity (Wildman–Crippen MR) is 68.3 cm³/mol. The Bertz CT molecular complexity index is 301. The molecule has 17 heavy (non-hydrogen) atoms. The van der Waals surface area contributed by atoms with Crippen LogP contribution in [0.4, 0.5) is 0 Å². The van der Waals surface area contributed by atoms with Gasteiger partial charge in [-0.05, 0) is 10.8 Å². The Morgan fingerprint density at radius 3 is 1.29 bits per heavy atom. The van der Waals surface area contributed by atoms with Crippen molar-refractivity contribution in [2.75, 3.05) is 0 Å². The second-order valence-electron chi connectivity index (χ2n) is 6.14. The molecule has 96 valence electrons. The highest BCUT2D eigenvalue weighted by Crippen LogP contribution is 2.15. The Morgan fingerprint density at radius 2 is 1.06 bits per heavy atom. The van der Waals surface area contributed by atoms with Crippen molar-refractivity contribution in [3.05, 3.63) is 24.3 Å². The average molecular weight is 238 g/mol. The maximum Gasteiger partial charge on any atom is 0.338 e. The van der Waals surface area contributed by atoms with E-state index in [1.54, 1.807) is 12.2 Å². The molecule has 0 atom stereocenters. The fraction of sp³-hybridized carbons (Fsp3) is 0.571. The third kappa shape index (κ3) is 10.9. The quantitative estimate of drug-likeness (QED) is 0.421. The van der Waals surface area contributed by atoms with Crippen molar-refractivity contribution >= 4 is 11.9 Å². The van der Waals surface area contributed by atoms with Gasteiger partial charge in [-0.3, -0.25) is 0 Å². The van der Waals surface area contributed by atoms with Gasteiger partial charge < -0.3 is 4.74 Å². The molecule has 0 aromatic rings. The Kier molecular flexibility index (Phi) is 5.33. The van der Waals surface area contributed by atoms with Gasteiger partial charge in [-0.2, -0.15) is 0 Å². The topological polar surface area (TPSA) is 43.4 Å². The lowest BCUT2D eigenvalue weighted by Gasteiger charge is -2.11. The van der Waals surface area contributed by atoms with E-state index in [2.05, 4.69) is 4.74 Å². The summed E-state index contributed by atoms with van der Waals surface area (Å²) in [6.45, 7) is 11.7. The van der Waals surface area contributed by atoms with Crippen LogP contribution < -0.4 is 0 Å². The lowest BCUT2D eigenvalue weighted by atomic mass is 9.96. The number of hydrogen-bond acceptors (Lipinski definition) is 3. The van der Waals surface area contributed by atoms with Crippen LogP contribution >= 0.6 is 0 Å². The molecule has 0 aromatic carbocycles. The number of carbonyl (C=O) groups is 2. The van der Waals surface area contributed by atoms with Crippen LogP contribution in [0.15, 0.2) is 24.3 Å². The molecule has 0 aliphatic carbocycles. The summed E-state index contributed by atoms with van der Waals surface area (Å²) in [6.07, 6.45) is 5.97. The van der Waals surface area contributed by atoms with Crippen molar-refractivity contribution in [1.82, 2.24) is 0 Å². The van der Waals surface area contributed by atoms with Gasteiger partial charge in [0.05, 0.1) is 0 Å². The average Bonchev–Trinajstić information content (AvgIpc) is 2.09. The van der Waals surface area contributed by atoms with Gasteiger partial charge in [-0.15, -0.1) is 0 Å². The van der Waals surface area contributed by atoms with Crippen molar-refractivity contribution in [2.45, 2.75) is 41.5 Å². The van der Waals surface area contributed by atoms with Crippen LogP contribution in [0, 0.1) is 10.8 Å². The van der Waals surface area contributed by atoms with Crippen LogP contribution in [0.2, 0.25) is 0 Å². The molecule has 0 amide bonds. The fourth-order valence-electron chi connectivity index (χ4n) is 0.803. The van der Waals surface area contributed by atoms with Crippen molar-refractivity contribution in [1.29, 1.82) is 0 Å². The van der Waals surface area contributed by atoms with Crippen LogP contribution in [0.1, 0.15) is 41.5 Å². The first-order valence-corrected chi connectivity index (χ1v) is 5.64. The molecule has 0 spiro atoms. The fourth-order valence-corrected chi connectivity index (χ4v) is 0.803. The van der Waals surface area contributed by atoms with E-state index < -0.39 is 11.9 Å². The molecule has 0 heterocycles. The van der Waals surface area contributed by atoms with Crippen molar-refractivity contribution < 1.29 is 14.3 Å². The van der Waals surface area contributed by atoms with Gasteiger partial charge in [0.2, 0.25) is 0 Å². The minimum Gasteiger partial charge on any atom is -0.387 e. The molecule has 0 saturated heterocycles. The summed E-state index contributed by atoms with van der Waals surface area (Å²) in [6, 6.07) is 0. The number of hydrogen-bond donors (Lipinski definition) is 0. The molecule has 0 rings (SSSR count). The summed E-state index contributed by atoms with van der Waals surface area (Å²) in [5, 5.41) is 0. The minimum absolute atomic E-state index is 0.108. The zero-order valence-electron chi connectivity index (χ0n) is 11.5. The highest BCUT2D eigenvalue weighted by molar-refractivity contribution is 5.96. The third-order valence-electron chi connectivity index (χ3n) is 1.64. The van der Waals surface area contributed by atoms with Gasteiger partial charge in [0.15, 0.2) is 0 Å². The summed E-state index contributed by atoms with van der Waals surface area (Å²) >= 11 is 0. The van der Waals surface area contributed by atoms with E-state index in [4.69, 9.17) is 0 Å². The first kappa shape index (κ1) is 15.6. The van der Waals surface area contributed by atoms with E-state index in [0.717, 1.165) is 0 Å². The summed E-state index contributed by atoms with van der Waals surface area (Å²) in [7, 11) is 0. The molecular formula is C14H22O3. The highest BCUT2D eigenvalue weighted by Gasteiger charge is 2.10. The van der Waals surface area contributed by atoms with Crippen LogP contribution in [0.25, 0.3) is 0 Å². The van der Waals surface area contributed by atoms with E-state index in [0.29, 0.717) is 0 Å². The summed E-state index contributed by atoms with van der Waals surface area (Å²) in [5.74, 6) is -1.27. The number of ether oxygens (including phenoxy) is 1. The van der Waals surface area contributed by atoms with Gasteiger partial charge in [-0.25, -0.2) is 9.59 Å². The second kappa shape index (κ2) is 5.80. The summed E-state index contributed by atoms with van der Waals surface area (Å²) < 4.78 is 4.59. The van der Waals surface area contributed by atoms with Gasteiger partial charge in [0.25, 0.3) is 0 Å². The zero-order chi connectivity index (χ0) is 13.7. The first-order valence-electron chi connectivity index (χ1n) is 5.64. The molecule has 3 nitrogen and oxygen atoms in total. The van der Waals surface area contributed by atoms with E-state index in [9.17, 15) is 9.59 Å². The molecule has 0 N–H and O–H groups in total. The smallest absolute Gasteiger partial charge is 0.338 e. The molecule has 3 heteroatoms. The molecule has 0 unspecified atom stereocenters. The molecule has 0 fully saturated rings. The van der Waals surface area contributed by atoms with Gasteiger partial charge in [-0.1, -0.05) is 53.7 Å². The maximum atomic E-state index is 11.3. The van der Waals surface area contributed by atoms with E-state index >= 15 is 0 Å². The molecule has 0 aliphatic heterocycles. The number of esters is 2. The molecule has 0 bridgehead atoms. The normalized spacial score (nSPS) is 13.3. The molecule has 0 aliphatic rings. The molecular weight excluding hydrogens is 216 g/mol. The monoisotopic (exact) mass is 238 g/mol. The number of carbonyl (C=O) groups excluding carboxylic acids is 2. The van der Waals surface area contributed by atoms with E-state index in [1.807, 2.05) is 41.5 Å². The highest BCUT2D eigenvalue weighted by atomic mass is 16.6. The van der Waals surface area contributed by atoms with Crippen LogP contribution in [0.3, 0.4) is 0 Å². The number of rotatable bonds is 2. The van der Waals surface area contributed by atoms with E-state index in [1.165, 1.54) is 12.2 Å². The summed E-state index contributed by atoms with van der Waals surface area (Å²) in [5.41, 5.74) is -0.216. The standard InChI is InChI=1S/C14H22O3/c1-13(2,3)9-7-11(15)17-12(16)8-10-14(4,5)6/h7-10H,1-6H3/b9-7+,10-8+. The minimum atomic E-state index is -0.636. The zero-order valence-corrected chi connectivity index (χ0v) is 11.5. The van der Waals surface area contributed by atoms with Crippen molar-refractivity contribution in [2.24, 2.45) is 10.8 Å². The second-order valence-corrected chi connectivity index (χ2v) is 6.14. The Balaban J connectivity index is 4.29. The molecule has 0 saturated carbocycles. The SMILES string of the molecule is CC(C)(C)/C=C/C(=O)OC(=O)/C=C/C(C)(C)C. The lowest BCUT2D eigenvalue weighted by Crippen LogP contribution is -2.10. The van der Waals surface area contributed by atoms with Crippen molar-refractivity contribution in [3.63, 3.8) is 0 Å². The Labute approximate surface area is 104 Å². The van der Waals surface area contributed by atoms with Crippen molar-refractivity contribution in [3.8, 4) is 0 Å². The van der Waals surface area contributed by atoms with E-state index in [-0.39, 0.29) is 10.8 Å². The van der Waals surface area contributed by atoms with Gasteiger partial charge in [0.1, 0.15) is 0 Å². The summed E-state index contributed by atoms with van der Waals surface area (Å²) in [4.78, 5) is 22.5. The third-order valence-corrected chi connectivity index (χ3v) is 1.64. The van der Waals surface area contributed by atoms with Crippen LogP contribution in [-0.2, 0) is 14.3 Å².